The van der Waals surface area contributed by atoms with Gasteiger partial charge in [0, 0.05) is 6.42 Å². The Kier molecular flexibility index (Phi) is 7.78. The van der Waals surface area contributed by atoms with E-state index in [9.17, 15) is 4.79 Å². The third-order valence-electron chi connectivity index (χ3n) is 1.88. The summed E-state index contributed by atoms with van der Waals surface area (Å²) in [5, 5.41) is 0. The summed E-state index contributed by atoms with van der Waals surface area (Å²) in [7, 11) is 0. The van der Waals surface area contributed by atoms with Crippen LogP contribution in [0.3, 0.4) is 0 Å². The Balaban J connectivity index is 0.00000144. The Bertz CT molecular complexity index is 221. The molecule has 0 amide bonds. The van der Waals surface area contributed by atoms with Crippen LogP contribution in [0.4, 0.5) is 0 Å². The van der Waals surface area contributed by atoms with E-state index in [1.807, 2.05) is 6.07 Å². The van der Waals surface area contributed by atoms with Crippen LogP contribution >= 0.6 is 0 Å². The van der Waals surface area contributed by atoms with Gasteiger partial charge in [-0.1, -0.05) is 30.3 Å². The average molecular weight is 170 g/mol. The van der Waals surface area contributed by atoms with Gasteiger partial charge >= 0.3 is 18.9 Å². The fourth-order valence-electron chi connectivity index (χ4n) is 1.20. The van der Waals surface area contributed by atoms with E-state index < -0.39 is 0 Å². The van der Waals surface area contributed by atoms with Gasteiger partial charge in [0.05, 0.1) is 0 Å². The molecule has 0 heterocycles. The van der Waals surface area contributed by atoms with Gasteiger partial charge in [0.25, 0.3) is 0 Å². The zero-order valence-corrected chi connectivity index (χ0v) is 7.20. The summed E-state index contributed by atoms with van der Waals surface area (Å²) in [5.41, 5.74) is 1.36. The third-order valence-corrected chi connectivity index (χ3v) is 1.88. The van der Waals surface area contributed by atoms with Crippen molar-refractivity contribution < 1.29 is 4.79 Å². The van der Waals surface area contributed by atoms with Crippen LogP contribution in [-0.2, 0) is 11.2 Å². The van der Waals surface area contributed by atoms with Gasteiger partial charge in [-0.3, -0.25) is 0 Å². The first kappa shape index (κ1) is 12.5. The van der Waals surface area contributed by atoms with Crippen LogP contribution in [0.1, 0.15) is 24.8 Å². The molecule has 0 saturated heterocycles. The molecule has 1 aromatic carbocycles. The number of aldehydes is 1. The minimum atomic E-state index is 0. The van der Waals surface area contributed by atoms with Gasteiger partial charge in [0.15, 0.2) is 0 Å². The molecule has 0 unspecified atom stereocenters. The van der Waals surface area contributed by atoms with E-state index in [-0.39, 0.29) is 18.9 Å². The third kappa shape index (κ3) is 5.68. The summed E-state index contributed by atoms with van der Waals surface area (Å²) in [5.74, 6) is 0. The molecule has 0 fully saturated rings. The van der Waals surface area contributed by atoms with Crippen molar-refractivity contribution in [1.29, 1.82) is 0 Å². The number of benzene rings is 1. The van der Waals surface area contributed by atoms with Crippen molar-refractivity contribution in [3.63, 3.8) is 0 Å². The summed E-state index contributed by atoms with van der Waals surface area (Å²) < 4.78 is 0. The van der Waals surface area contributed by atoms with Gasteiger partial charge in [-0.15, -0.1) is 0 Å². The zero-order valence-electron chi connectivity index (χ0n) is 7.20. The first-order chi connectivity index (χ1) is 5.93. The zero-order chi connectivity index (χ0) is 8.65. The van der Waals surface area contributed by atoms with Crippen molar-refractivity contribution in [2.75, 3.05) is 0 Å². The van der Waals surface area contributed by atoms with Crippen molar-refractivity contribution in [2.45, 2.75) is 25.7 Å². The topological polar surface area (TPSA) is 17.1 Å². The van der Waals surface area contributed by atoms with E-state index in [4.69, 9.17) is 0 Å². The molecule has 0 bridgehead atoms. The maximum atomic E-state index is 10.0. The number of carbonyl (C=O) groups is 1. The van der Waals surface area contributed by atoms with Gasteiger partial charge < -0.3 is 4.79 Å². The molecule has 1 rings (SSSR count). The molecule has 0 N–H and O–H groups in total. The van der Waals surface area contributed by atoms with Crippen molar-refractivity contribution >= 4 is 25.1 Å². The Morgan fingerprint density at radius 1 is 1.08 bits per heavy atom. The number of unbranched alkanes of at least 4 members (excludes halogenated alkanes) is 2. The normalized spacial score (nSPS) is 8.92. The maximum absolute atomic E-state index is 10.0. The average Bonchev–Trinajstić information content (AvgIpc) is 2.14. The van der Waals surface area contributed by atoms with Crippen LogP contribution < -0.4 is 0 Å². The van der Waals surface area contributed by atoms with Crippen LogP contribution in [0.25, 0.3) is 0 Å². The molecule has 0 spiro atoms. The quantitative estimate of drug-likeness (QED) is 0.375. The molecule has 0 atom stereocenters. The number of hydrogen-bond donors (Lipinski definition) is 0. The second-order valence-electron chi connectivity index (χ2n) is 2.90. The van der Waals surface area contributed by atoms with E-state index >= 15 is 0 Å². The molecule has 0 saturated carbocycles. The molecule has 1 nitrogen and oxygen atoms in total. The number of hydrogen-bond acceptors (Lipinski definition) is 1. The van der Waals surface area contributed by atoms with Crippen molar-refractivity contribution in [1.82, 2.24) is 0 Å². The first-order valence-corrected chi connectivity index (χ1v) is 4.41. The Labute approximate surface area is 91.7 Å². The summed E-state index contributed by atoms with van der Waals surface area (Å²) in [6.07, 6.45) is 4.91. The van der Waals surface area contributed by atoms with E-state index in [1.165, 1.54) is 5.56 Å². The van der Waals surface area contributed by atoms with Gasteiger partial charge in [-0.2, -0.15) is 0 Å². The van der Waals surface area contributed by atoms with E-state index in [0.717, 1.165) is 25.5 Å². The molecule has 0 aromatic heterocycles. The molecule has 0 radical (unpaired) electrons. The van der Waals surface area contributed by atoms with Crippen LogP contribution in [0.15, 0.2) is 30.3 Å². The van der Waals surface area contributed by atoms with Gasteiger partial charge in [-0.05, 0) is 24.8 Å². The number of rotatable bonds is 5. The van der Waals surface area contributed by atoms with Crippen LogP contribution in [0.5, 0.6) is 0 Å². The summed E-state index contributed by atoms with van der Waals surface area (Å²) in [6.45, 7) is 0. The molecule has 2 heteroatoms. The molecular formula is C11H15LiO. The SMILES string of the molecule is O=CCCCCc1ccccc1.[LiH]. The Hall–Kier alpha value is -0.513. The van der Waals surface area contributed by atoms with Crippen LogP contribution in [0, 0.1) is 0 Å². The second-order valence-corrected chi connectivity index (χ2v) is 2.90. The predicted octanol–water partition coefficient (Wildman–Crippen LogP) is 1.95. The Morgan fingerprint density at radius 2 is 1.77 bits per heavy atom. The first-order valence-electron chi connectivity index (χ1n) is 4.41. The molecule has 66 valence electrons. The van der Waals surface area contributed by atoms with E-state index in [2.05, 4.69) is 24.3 Å². The standard InChI is InChI=1S/C11H14O.Li.H/c12-10-6-2-5-9-11-7-3-1-4-8-11;;/h1,3-4,7-8,10H,2,5-6,9H2;;. The van der Waals surface area contributed by atoms with Gasteiger partial charge in [-0.25, -0.2) is 0 Å². The summed E-state index contributed by atoms with van der Waals surface area (Å²) in [4.78, 5) is 10.0. The molecule has 0 aliphatic rings. The summed E-state index contributed by atoms with van der Waals surface area (Å²) >= 11 is 0. The summed E-state index contributed by atoms with van der Waals surface area (Å²) in [6, 6.07) is 10.4. The fraction of sp³-hybridized carbons (Fsp3) is 0.364. The van der Waals surface area contributed by atoms with Crippen molar-refractivity contribution in [3.05, 3.63) is 35.9 Å². The molecule has 0 aliphatic heterocycles. The van der Waals surface area contributed by atoms with Gasteiger partial charge in [0.2, 0.25) is 0 Å². The molecule has 1 aromatic rings. The fourth-order valence-corrected chi connectivity index (χ4v) is 1.20. The molecule has 0 aliphatic carbocycles. The van der Waals surface area contributed by atoms with Gasteiger partial charge in [0.1, 0.15) is 6.29 Å². The second kappa shape index (κ2) is 8.10. The molecule has 13 heavy (non-hydrogen) atoms. The van der Waals surface area contributed by atoms with Crippen LogP contribution in [0.2, 0.25) is 0 Å². The number of carbonyl (C=O) groups excluding carboxylic acids is 1. The predicted molar refractivity (Wildman–Crippen MR) is 57.2 cm³/mol. The van der Waals surface area contributed by atoms with Crippen LogP contribution in [-0.4, -0.2) is 25.1 Å². The monoisotopic (exact) mass is 170 g/mol. The van der Waals surface area contributed by atoms with Crippen molar-refractivity contribution in [3.8, 4) is 0 Å². The van der Waals surface area contributed by atoms with E-state index in [0.29, 0.717) is 6.42 Å². The number of aryl methyl sites for hydroxylation is 1. The van der Waals surface area contributed by atoms with E-state index in [1.54, 1.807) is 0 Å². The Morgan fingerprint density at radius 3 is 2.38 bits per heavy atom. The van der Waals surface area contributed by atoms with Crippen molar-refractivity contribution in [2.24, 2.45) is 0 Å². The molecular weight excluding hydrogens is 155 g/mol. The minimum absolute atomic E-state index is 0.